The number of hydrogen-bond acceptors (Lipinski definition) is 4. The average molecular weight is 262 g/mol. The van der Waals surface area contributed by atoms with Gasteiger partial charge in [-0.3, -0.25) is 0 Å². The van der Waals surface area contributed by atoms with Gasteiger partial charge < -0.3 is 14.2 Å². The molecule has 0 atom stereocenters. The summed E-state index contributed by atoms with van der Waals surface area (Å²) >= 11 is 0. The molecule has 2 heterocycles. The first-order valence-corrected chi connectivity index (χ1v) is 6.54. The van der Waals surface area contributed by atoms with Gasteiger partial charge in [0.25, 0.3) is 0 Å². The first-order chi connectivity index (χ1) is 8.78. The van der Waals surface area contributed by atoms with Crippen molar-refractivity contribution in [2.75, 3.05) is 0 Å². The average Bonchev–Trinajstić information content (AvgIpc) is 2.82. The Morgan fingerprint density at radius 3 is 2.32 bits per heavy atom. The largest absolute Gasteiger partial charge is 0.466 e. The molecule has 19 heavy (non-hydrogen) atoms. The lowest BCUT2D eigenvalue weighted by Gasteiger charge is -2.18. The Morgan fingerprint density at radius 2 is 1.79 bits per heavy atom. The molecule has 0 aliphatic heterocycles. The molecule has 4 nitrogen and oxygen atoms in total. The highest BCUT2D eigenvalue weighted by molar-refractivity contribution is 5.64. The van der Waals surface area contributed by atoms with Gasteiger partial charge in [0, 0.05) is 11.1 Å². The molecule has 0 aliphatic rings. The number of nitrogens with zero attached hydrogens (tertiary/aromatic N) is 1. The van der Waals surface area contributed by atoms with Gasteiger partial charge in [-0.05, 0) is 41.5 Å². The van der Waals surface area contributed by atoms with Crippen LogP contribution in [0.15, 0.2) is 15.0 Å². The Labute approximate surface area is 114 Å². The Hall–Kier alpha value is -1.55. The Kier molecular flexibility index (Phi) is 3.54. The Balaban J connectivity index is 2.21. The molecule has 4 heteroatoms. The standard InChI is InChI=1S/C15H22N2O2/c1-9-10(2)18-11(3)14(9)12-7-16-13(19-12)8-17-15(4,5)6/h7,17H,8H2,1-6H3. The number of nitrogens with one attached hydrogen (secondary N) is 1. The van der Waals surface area contributed by atoms with E-state index in [2.05, 4.69) is 31.1 Å². The highest BCUT2D eigenvalue weighted by atomic mass is 16.4. The van der Waals surface area contributed by atoms with E-state index >= 15 is 0 Å². The second-order valence-corrected chi connectivity index (χ2v) is 5.94. The maximum Gasteiger partial charge on any atom is 0.208 e. The predicted octanol–water partition coefficient (Wildman–Crippen LogP) is 3.75. The molecule has 2 aromatic heterocycles. The van der Waals surface area contributed by atoms with Crippen LogP contribution in [0.2, 0.25) is 0 Å². The zero-order chi connectivity index (χ0) is 14.2. The highest BCUT2D eigenvalue weighted by Crippen LogP contribution is 2.31. The van der Waals surface area contributed by atoms with Crippen molar-refractivity contribution in [3.63, 3.8) is 0 Å². The minimum atomic E-state index is 0.0483. The van der Waals surface area contributed by atoms with Crippen LogP contribution in [0.5, 0.6) is 0 Å². The number of hydrogen-bond donors (Lipinski definition) is 1. The van der Waals surface area contributed by atoms with Crippen molar-refractivity contribution in [3.05, 3.63) is 29.2 Å². The molecular weight excluding hydrogens is 240 g/mol. The molecule has 0 radical (unpaired) electrons. The van der Waals surface area contributed by atoms with Crippen LogP contribution in [-0.4, -0.2) is 10.5 Å². The summed E-state index contributed by atoms with van der Waals surface area (Å²) in [6.45, 7) is 12.9. The van der Waals surface area contributed by atoms with Gasteiger partial charge in [-0.1, -0.05) is 0 Å². The van der Waals surface area contributed by atoms with E-state index in [1.165, 1.54) is 0 Å². The summed E-state index contributed by atoms with van der Waals surface area (Å²) in [5, 5.41) is 3.36. The molecule has 0 spiro atoms. The van der Waals surface area contributed by atoms with Crippen LogP contribution in [0.25, 0.3) is 11.3 Å². The van der Waals surface area contributed by atoms with Gasteiger partial charge in [-0.2, -0.15) is 0 Å². The molecule has 0 amide bonds. The summed E-state index contributed by atoms with van der Waals surface area (Å²) in [7, 11) is 0. The van der Waals surface area contributed by atoms with Crippen LogP contribution < -0.4 is 5.32 Å². The molecular formula is C15H22N2O2. The number of oxazole rings is 1. The van der Waals surface area contributed by atoms with Crippen molar-refractivity contribution in [2.24, 2.45) is 0 Å². The lowest BCUT2D eigenvalue weighted by atomic mass is 10.1. The van der Waals surface area contributed by atoms with E-state index in [9.17, 15) is 0 Å². The van der Waals surface area contributed by atoms with Crippen LogP contribution in [-0.2, 0) is 6.54 Å². The number of rotatable bonds is 3. The summed E-state index contributed by atoms with van der Waals surface area (Å²) in [5.41, 5.74) is 2.18. The van der Waals surface area contributed by atoms with Crippen molar-refractivity contribution >= 4 is 0 Å². The first-order valence-electron chi connectivity index (χ1n) is 6.54. The van der Waals surface area contributed by atoms with Crippen molar-refractivity contribution < 1.29 is 8.83 Å². The molecule has 2 rings (SSSR count). The van der Waals surface area contributed by atoms with Crippen molar-refractivity contribution in [1.82, 2.24) is 10.3 Å². The molecule has 1 N–H and O–H groups in total. The molecule has 0 bridgehead atoms. The Bertz CT molecular complexity index is 573. The molecule has 0 fully saturated rings. The van der Waals surface area contributed by atoms with E-state index in [1.807, 2.05) is 20.8 Å². The molecule has 0 unspecified atom stereocenters. The van der Waals surface area contributed by atoms with E-state index in [-0.39, 0.29) is 5.54 Å². The van der Waals surface area contributed by atoms with Crippen LogP contribution in [0, 0.1) is 20.8 Å². The van der Waals surface area contributed by atoms with Gasteiger partial charge in [-0.15, -0.1) is 0 Å². The summed E-state index contributed by atoms with van der Waals surface area (Å²) < 4.78 is 11.4. The van der Waals surface area contributed by atoms with Crippen LogP contribution >= 0.6 is 0 Å². The predicted molar refractivity (Wildman–Crippen MR) is 75.0 cm³/mol. The monoisotopic (exact) mass is 262 g/mol. The fraction of sp³-hybridized carbons (Fsp3) is 0.533. The Morgan fingerprint density at radius 1 is 1.11 bits per heavy atom. The van der Waals surface area contributed by atoms with Gasteiger partial charge in [-0.25, -0.2) is 4.98 Å². The number of aryl methyl sites for hydroxylation is 2. The normalized spacial score (nSPS) is 12.1. The van der Waals surface area contributed by atoms with E-state index in [0.717, 1.165) is 28.4 Å². The zero-order valence-electron chi connectivity index (χ0n) is 12.5. The summed E-state index contributed by atoms with van der Waals surface area (Å²) in [6.07, 6.45) is 1.77. The van der Waals surface area contributed by atoms with Crippen LogP contribution in [0.4, 0.5) is 0 Å². The summed E-state index contributed by atoms with van der Waals surface area (Å²) in [4.78, 5) is 4.32. The first kappa shape index (κ1) is 13.9. The quantitative estimate of drug-likeness (QED) is 0.915. The van der Waals surface area contributed by atoms with Gasteiger partial charge in [0.2, 0.25) is 5.89 Å². The lowest BCUT2D eigenvalue weighted by Crippen LogP contribution is -2.35. The maximum atomic E-state index is 5.81. The van der Waals surface area contributed by atoms with Gasteiger partial charge in [0.15, 0.2) is 5.76 Å². The van der Waals surface area contributed by atoms with E-state index in [1.54, 1.807) is 6.20 Å². The third kappa shape index (κ3) is 3.07. The maximum absolute atomic E-state index is 5.81. The molecule has 0 saturated carbocycles. The fourth-order valence-corrected chi connectivity index (χ4v) is 2.00. The minimum absolute atomic E-state index is 0.0483. The zero-order valence-corrected chi connectivity index (χ0v) is 12.5. The molecule has 104 valence electrons. The van der Waals surface area contributed by atoms with Gasteiger partial charge >= 0.3 is 0 Å². The minimum Gasteiger partial charge on any atom is -0.466 e. The van der Waals surface area contributed by atoms with Gasteiger partial charge in [0.05, 0.1) is 18.3 Å². The molecule has 2 aromatic rings. The lowest BCUT2D eigenvalue weighted by molar-refractivity contribution is 0.383. The third-order valence-corrected chi connectivity index (χ3v) is 3.13. The molecule has 0 aromatic carbocycles. The SMILES string of the molecule is Cc1oc(C)c(-c2cnc(CNC(C)(C)C)o2)c1C. The second-order valence-electron chi connectivity index (χ2n) is 5.94. The van der Waals surface area contributed by atoms with Crippen LogP contribution in [0.3, 0.4) is 0 Å². The number of aromatic nitrogens is 1. The van der Waals surface area contributed by atoms with Crippen molar-refractivity contribution in [2.45, 2.75) is 53.6 Å². The van der Waals surface area contributed by atoms with Crippen molar-refractivity contribution in [1.29, 1.82) is 0 Å². The summed E-state index contributed by atoms with van der Waals surface area (Å²) in [6, 6.07) is 0. The smallest absolute Gasteiger partial charge is 0.208 e. The molecule has 0 saturated heterocycles. The van der Waals surface area contributed by atoms with Crippen molar-refractivity contribution in [3.8, 4) is 11.3 Å². The van der Waals surface area contributed by atoms with E-state index in [0.29, 0.717) is 12.4 Å². The molecule has 0 aliphatic carbocycles. The third-order valence-electron chi connectivity index (χ3n) is 3.13. The fourth-order valence-electron chi connectivity index (χ4n) is 2.00. The van der Waals surface area contributed by atoms with E-state index in [4.69, 9.17) is 8.83 Å². The van der Waals surface area contributed by atoms with E-state index < -0.39 is 0 Å². The van der Waals surface area contributed by atoms with Gasteiger partial charge in [0.1, 0.15) is 11.5 Å². The second kappa shape index (κ2) is 4.85. The highest BCUT2D eigenvalue weighted by Gasteiger charge is 2.18. The van der Waals surface area contributed by atoms with Crippen LogP contribution in [0.1, 0.15) is 43.7 Å². The number of furan rings is 1. The summed E-state index contributed by atoms with van der Waals surface area (Å²) in [5.74, 6) is 3.28. The topological polar surface area (TPSA) is 51.2 Å².